The van der Waals surface area contributed by atoms with Crippen LogP contribution in [0.5, 0.6) is 0 Å². The SMILES string of the molecule is CC(OC(=O)Cn1[nH]c(=O)c2ccccc2c1=O)C(=O)N(C)Cc1ccccc1. The zero-order valence-electron chi connectivity index (χ0n) is 16.1. The van der Waals surface area contributed by atoms with Gasteiger partial charge in [-0.15, -0.1) is 0 Å². The number of amides is 1. The molecule has 1 unspecified atom stereocenters. The second-order valence-corrected chi connectivity index (χ2v) is 6.69. The van der Waals surface area contributed by atoms with E-state index in [9.17, 15) is 19.2 Å². The van der Waals surface area contributed by atoms with Gasteiger partial charge < -0.3 is 9.64 Å². The van der Waals surface area contributed by atoms with Gasteiger partial charge in [0.2, 0.25) is 0 Å². The van der Waals surface area contributed by atoms with E-state index in [0.29, 0.717) is 6.54 Å². The first-order valence-electron chi connectivity index (χ1n) is 9.07. The van der Waals surface area contributed by atoms with Crippen LogP contribution in [-0.2, 0) is 27.4 Å². The van der Waals surface area contributed by atoms with Crippen molar-refractivity contribution in [3.8, 4) is 0 Å². The van der Waals surface area contributed by atoms with Crippen molar-refractivity contribution in [2.24, 2.45) is 0 Å². The minimum atomic E-state index is -1.03. The second-order valence-electron chi connectivity index (χ2n) is 6.69. The number of fused-ring (bicyclic) bond motifs is 1. The van der Waals surface area contributed by atoms with E-state index in [1.165, 1.54) is 24.0 Å². The molecule has 1 N–H and O–H groups in total. The summed E-state index contributed by atoms with van der Waals surface area (Å²) in [5.41, 5.74) is -0.0563. The third-order valence-electron chi connectivity index (χ3n) is 4.47. The van der Waals surface area contributed by atoms with Crippen molar-refractivity contribution in [1.29, 1.82) is 0 Å². The Morgan fingerprint density at radius 1 is 1.03 bits per heavy atom. The number of nitrogens with zero attached hydrogens (tertiary/aromatic N) is 2. The fourth-order valence-electron chi connectivity index (χ4n) is 3.02. The molecule has 1 amide bonds. The molecule has 150 valence electrons. The Balaban J connectivity index is 1.66. The molecule has 0 saturated heterocycles. The number of carbonyl (C=O) groups is 2. The molecule has 1 aromatic heterocycles. The average molecular weight is 395 g/mol. The first-order valence-corrected chi connectivity index (χ1v) is 9.07. The Labute approximate surface area is 166 Å². The minimum Gasteiger partial charge on any atom is -0.451 e. The van der Waals surface area contributed by atoms with Crippen LogP contribution in [-0.4, -0.2) is 39.7 Å². The highest BCUT2D eigenvalue weighted by Crippen LogP contribution is 2.06. The summed E-state index contributed by atoms with van der Waals surface area (Å²) in [5, 5.41) is 2.81. The molecule has 2 aromatic carbocycles. The summed E-state index contributed by atoms with van der Waals surface area (Å²) in [6.45, 7) is 1.34. The van der Waals surface area contributed by atoms with Crippen LogP contribution in [0.2, 0.25) is 0 Å². The first-order chi connectivity index (χ1) is 13.9. The van der Waals surface area contributed by atoms with Crippen molar-refractivity contribution in [2.75, 3.05) is 7.05 Å². The Hall–Kier alpha value is -3.68. The molecule has 1 heterocycles. The standard InChI is InChI=1S/C21H21N3O5/c1-14(20(27)23(2)12-15-8-4-3-5-9-15)29-18(25)13-24-21(28)17-11-7-6-10-16(17)19(26)22-24/h3-11,14H,12-13H2,1-2H3,(H,22,26). The molecule has 0 radical (unpaired) electrons. The molecule has 0 aliphatic carbocycles. The van der Waals surface area contributed by atoms with E-state index < -0.39 is 29.7 Å². The Morgan fingerprint density at radius 3 is 2.34 bits per heavy atom. The van der Waals surface area contributed by atoms with E-state index in [1.807, 2.05) is 30.3 Å². The zero-order valence-corrected chi connectivity index (χ0v) is 16.1. The van der Waals surface area contributed by atoms with Gasteiger partial charge in [-0.2, -0.15) is 0 Å². The van der Waals surface area contributed by atoms with Gasteiger partial charge in [-0.25, -0.2) is 4.68 Å². The summed E-state index contributed by atoms with van der Waals surface area (Å²) < 4.78 is 6.06. The summed E-state index contributed by atoms with van der Waals surface area (Å²) in [6.07, 6.45) is -1.03. The van der Waals surface area contributed by atoms with Crippen molar-refractivity contribution in [1.82, 2.24) is 14.7 Å². The van der Waals surface area contributed by atoms with Crippen molar-refractivity contribution in [3.05, 3.63) is 80.9 Å². The number of carbonyl (C=O) groups excluding carboxylic acids is 2. The monoisotopic (exact) mass is 395 g/mol. The van der Waals surface area contributed by atoms with Crippen molar-refractivity contribution in [3.63, 3.8) is 0 Å². The Kier molecular flexibility index (Phi) is 5.92. The number of aromatic amines is 1. The molecule has 0 saturated carbocycles. The fourth-order valence-corrected chi connectivity index (χ4v) is 3.02. The number of H-pyrrole nitrogens is 1. The largest absolute Gasteiger partial charge is 0.451 e. The van der Waals surface area contributed by atoms with Gasteiger partial charge >= 0.3 is 5.97 Å². The van der Waals surface area contributed by atoms with Crippen molar-refractivity contribution >= 4 is 22.6 Å². The number of benzene rings is 2. The predicted octanol–water partition coefficient (Wildman–Crippen LogP) is 1.28. The van der Waals surface area contributed by atoms with E-state index in [2.05, 4.69) is 5.10 Å². The summed E-state index contributed by atoms with van der Waals surface area (Å²) >= 11 is 0. The van der Waals surface area contributed by atoms with Crippen LogP contribution in [0, 0.1) is 0 Å². The number of nitrogens with one attached hydrogen (secondary N) is 1. The van der Waals surface area contributed by atoms with Crippen LogP contribution in [0.1, 0.15) is 12.5 Å². The van der Waals surface area contributed by atoms with Crippen LogP contribution in [0.25, 0.3) is 10.8 Å². The minimum absolute atomic E-state index is 0.204. The molecule has 3 aromatic rings. The molecule has 8 heteroatoms. The zero-order chi connectivity index (χ0) is 21.0. The number of hydrogen-bond donors (Lipinski definition) is 1. The molecule has 0 aliphatic rings. The molecule has 0 bridgehead atoms. The van der Waals surface area contributed by atoms with E-state index in [1.54, 1.807) is 19.2 Å². The molecule has 1 atom stereocenters. The number of likely N-dealkylation sites (N-methyl/N-ethyl adjacent to an activating group) is 1. The predicted molar refractivity (Wildman–Crippen MR) is 107 cm³/mol. The molecular formula is C21H21N3O5. The molecule has 0 spiro atoms. The van der Waals surface area contributed by atoms with Crippen LogP contribution >= 0.6 is 0 Å². The third kappa shape index (κ3) is 4.60. The number of esters is 1. The van der Waals surface area contributed by atoms with Crippen LogP contribution in [0.4, 0.5) is 0 Å². The van der Waals surface area contributed by atoms with Gasteiger partial charge in [0.1, 0.15) is 6.54 Å². The van der Waals surface area contributed by atoms with Crippen molar-refractivity contribution in [2.45, 2.75) is 26.1 Å². The lowest BCUT2D eigenvalue weighted by molar-refractivity contribution is -0.159. The average Bonchev–Trinajstić information content (AvgIpc) is 2.72. The van der Waals surface area contributed by atoms with Crippen LogP contribution in [0.3, 0.4) is 0 Å². The van der Waals surface area contributed by atoms with Gasteiger partial charge in [0, 0.05) is 13.6 Å². The van der Waals surface area contributed by atoms with Crippen LogP contribution < -0.4 is 11.1 Å². The van der Waals surface area contributed by atoms with Gasteiger partial charge in [-0.05, 0) is 24.6 Å². The highest BCUT2D eigenvalue weighted by molar-refractivity contribution is 5.83. The first kappa shape index (κ1) is 20.1. The quantitative estimate of drug-likeness (QED) is 0.634. The molecule has 8 nitrogen and oxygen atoms in total. The lowest BCUT2D eigenvalue weighted by Gasteiger charge is -2.21. The van der Waals surface area contributed by atoms with Gasteiger partial charge in [0.25, 0.3) is 17.0 Å². The smallest absolute Gasteiger partial charge is 0.328 e. The topological polar surface area (TPSA) is 101 Å². The fraction of sp³-hybridized carbons (Fsp3) is 0.238. The van der Waals surface area contributed by atoms with Gasteiger partial charge in [-0.1, -0.05) is 42.5 Å². The van der Waals surface area contributed by atoms with E-state index in [-0.39, 0.29) is 16.7 Å². The molecule has 3 rings (SSSR count). The summed E-state index contributed by atoms with van der Waals surface area (Å²) in [4.78, 5) is 50.7. The Morgan fingerprint density at radius 2 is 1.66 bits per heavy atom. The second kappa shape index (κ2) is 8.55. The summed E-state index contributed by atoms with van der Waals surface area (Å²) in [5.74, 6) is -1.17. The van der Waals surface area contributed by atoms with E-state index in [0.717, 1.165) is 10.2 Å². The highest BCUT2D eigenvalue weighted by Gasteiger charge is 2.22. The molecule has 0 aliphatic heterocycles. The number of hydrogen-bond acceptors (Lipinski definition) is 5. The normalized spacial score (nSPS) is 11.8. The van der Waals surface area contributed by atoms with Gasteiger partial charge in [0.05, 0.1) is 10.8 Å². The number of aromatic nitrogens is 2. The molecule has 29 heavy (non-hydrogen) atoms. The molecule has 0 fully saturated rings. The van der Waals surface area contributed by atoms with Gasteiger partial charge in [0.15, 0.2) is 6.10 Å². The van der Waals surface area contributed by atoms with Crippen LogP contribution in [0.15, 0.2) is 64.2 Å². The molecular weight excluding hydrogens is 374 g/mol. The Bertz CT molecular complexity index is 1150. The highest BCUT2D eigenvalue weighted by atomic mass is 16.5. The maximum Gasteiger partial charge on any atom is 0.328 e. The number of ether oxygens (including phenoxy) is 1. The maximum atomic E-state index is 12.5. The number of rotatable bonds is 6. The van der Waals surface area contributed by atoms with Crippen molar-refractivity contribution < 1.29 is 14.3 Å². The summed E-state index contributed by atoms with van der Waals surface area (Å²) in [7, 11) is 1.62. The van der Waals surface area contributed by atoms with E-state index >= 15 is 0 Å². The lowest BCUT2D eigenvalue weighted by Crippen LogP contribution is -2.39. The third-order valence-corrected chi connectivity index (χ3v) is 4.47. The lowest BCUT2D eigenvalue weighted by atomic mass is 10.2. The summed E-state index contributed by atoms with van der Waals surface area (Å²) in [6, 6.07) is 15.7. The van der Waals surface area contributed by atoms with E-state index in [4.69, 9.17) is 4.74 Å². The maximum absolute atomic E-state index is 12.5. The van der Waals surface area contributed by atoms with Gasteiger partial charge in [-0.3, -0.25) is 24.3 Å².